The van der Waals surface area contributed by atoms with Gasteiger partial charge in [-0.2, -0.15) is 0 Å². The molecule has 0 aliphatic rings. The van der Waals surface area contributed by atoms with Crippen LogP contribution in [0.5, 0.6) is 0 Å². The number of carbonyl (C=O) groups is 2. The second-order valence-electron chi connectivity index (χ2n) is 3.26. The van der Waals surface area contributed by atoms with Gasteiger partial charge in [-0.1, -0.05) is 22.6 Å². The van der Waals surface area contributed by atoms with Gasteiger partial charge in [-0.3, -0.25) is 9.59 Å². The van der Waals surface area contributed by atoms with E-state index in [0.717, 1.165) is 0 Å². The molecule has 0 spiro atoms. The Labute approximate surface area is 115 Å². The molecule has 0 radical (unpaired) electrons. The van der Waals surface area contributed by atoms with Crippen LogP contribution in [0.25, 0.3) is 0 Å². The summed E-state index contributed by atoms with van der Waals surface area (Å²) in [7, 11) is 0. The minimum Gasteiger partial charge on any atom is -0.465 e. The van der Waals surface area contributed by atoms with Gasteiger partial charge >= 0.3 is 11.9 Å². The summed E-state index contributed by atoms with van der Waals surface area (Å²) in [5.41, 5.74) is 0. The van der Waals surface area contributed by atoms with Crippen molar-refractivity contribution < 1.29 is 23.8 Å². The first-order valence-electron chi connectivity index (χ1n) is 5.61. The Morgan fingerprint density at radius 1 is 1.12 bits per heavy atom. The first-order chi connectivity index (χ1) is 8.02. The quantitative estimate of drug-likeness (QED) is 0.287. The van der Waals surface area contributed by atoms with Gasteiger partial charge in [-0.25, -0.2) is 0 Å². The summed E-state index contributed by atoms with van der Waals surface area (Å²) in [6.07, 6.45) is 0.283. The Morgan fingerprint density at radius 2 is 1.59 bits per heavy atom. The van der Waals surface area contributed by atoms with Crippen LogP contribution in [0.4, 0.5) is 0 Å². The molecule has 0 rings (SSSR count). The van der Waals surface area contributed by atoms with Crippen LogP contribution in [0.3, 0.4) is 0 Å². The predicted octanol–water partition coefficient (Wildman–Crippen LogP) is 1.92. The van der Waals surface area contributed by atoms with Crippen LogP contribution in [0, 0.1) is 5.92 Å². The molecule has 0 N–H and O–H groups in total. The molecule has 17 heavy (non-hydrogen) atoms. The van der Waals surface area contributed by atoms with Crippen molar-refractivity contribution in [1.29, 1.82) is 0 Å². The van der Waals surface area contributed by atoms with Crippen LogP contribution in [0.15, 0.2) is 0 Å². The fraction of sp³-hybridized carbons (Fsp3) is 0.818. The van der Waals surface area contributed by atoms with Crippen molar-refractivity contribution >= 4 is 34.5 Å². The fourth-order valence-corrected chi connectivity index (χ4v) is 1.42. The normalized spacial score (nSPS) is 12.3. The van der Waals surface area contributed by atoms with E-state index < -0.39 is 17.9 Å². The van der Waals surface area contributed by atoms with Gasteiger partial charge in [0.2, 0.25) is 0 Å². The lowest BCUT2D eigenvalue weighted by Crippen LogP contribution is -2.29. The molecule has 1 atom stereocenters. The summed E-state index contributed by atoms with van der Waals surface area (Å²) in [6, 6.07) is 0. The monoisotopic (exact) mass is 358 g/mol. The van der Waals surface area contributed by atoms with Crippen LogP contribution in [-0.2, 0) is 23.8 Å². The summed E-state index contributed by atoms with van der Waals surface area (Å²) >= 11 is 2.10. The van der Waals surface area contributed by atoms with Crippen LogP contribution >= 0.6 is 22.6 Å². The van der Waals surface area contributed by atoms with Crippen LogP contribution < -0.4 is 0 Å². The maximum absolute atomic E-state index is 11.6. The minimum atomic E-state index is -0.884. The number of hydrogen-bond donors (Lipinski definition) is 0. The van der Waals surface area contributed by atoms with E-state index >= 15 is 0 Å². The van der Waals surface area contributed by atoms with E-state index in [1.165, 1.54) is 0 Å². The van der Waals surface area contributed by atoms with Gasteiger partial charge in [-0.15, -0.1) is 0 Å². The zero-order chi connectivity index (χ0) is 13.3. The summed E-state index contributed by atoms with van der Waals surface area (Å²) < 4.78 is 15.0. The highest BCUT2D eigenvalue weighted by atomic mass is 127. The molecule has 5 nitrogen and oxygen atoms in total. The molecule has 0 bridgehead atoms. The van der Waals surface area contributed by atoms with Crippen LogP contribution in [-0.4, -0.2) is 35.9 Å². The first kappa shape index (κ1) is 16.6. The highest BCUT2D eigenvalue weighted by Crippen LogP contribution is 2.11. The highest BCUT2D eigenvalue weighted by Gasteiger charge is 2.29. The lowest BCUT2D eigenvalue weighted by atomic mass is 10.1. The molecule has 0 saturated heterocycles. The van der Waals surface area contributed by atoms with E-state index in [1.807, 2.05) is 6.92 Å². The predicted molar refractivity (Wildman–Crippen MR) is 70.8 cm³/mol. The fourth-order valence-electron chi connectivity index (χ4n) is 1.17. The molecular weight excluding hydrogens is 339 g/mol. The van der Waals surface area contributed by atoms with Gasteiger partial charge in [0.15, 0.2) is 5.92 Å². The van der Waals surface area contributed by atoms with E-state index in [4.69, 9.17) is 14.2 Å². The molecule has 1 unspecified atom stereocenters. The lowest BCUT2D eigenvalue weighted by Gasteiger charge is -2.14. The summed E-state index contributed by atoms with van der Waals surface area (Å²) in [6.45, 7) is 6.10. The lowest BCUT2D eigenvalue weighted by molar-refractivity contribution is -0.162. The third-order valence-corrected chi connectivity index (χ3v) is 2.26. The Bertz CT molecular complexity index is 224. The number of hydrogen-bond acceptors (Lipinski definition) is 5. The van der Waals surface area contributed by atoms with E-state index in [2.05, 4.69) is 22.6 Å². The average Bonchev–Trinajstić information content (AvgIpc) is 2.24. The van der Waals surface area contributed by atoms with E-state index in [1.54, 1.807) is 13.8 Å². The SMILES string of the molecule is CCOC(=O)C(CCOC(C)I)C(=O)OCC. The van der Waals surface area contributed by atoms with E-state index in [9.17, 15) is 9.59 Å². The molecule has 0 aromatic heterocycles. The van der Waals surface area contributed by atoms with Crippen molar-refractivity contribution in [2.24, 2.45) is 5.92 Å². The highest BCUT2D eigenvalue weighted by molar-refractivity contribution is 14.1. The van der Waals surface area contributed by atoms with Crippen molar-refractivity contribution in [3.8, 4) is 0 Å². The molecule has 0 aromatic rings. The Balaban J connectivity index is 4.29. The number of esters is 2. The molecule has 0 heterocycles. The van der Waals surface area contributed by atoms with Gasteiger partial charge in [0.05, 0.1) is 13.2 Å². The Morgan fingerprint density at radius 3 is 1.94 bits per heavy atom. The van der Waals surface area contributed by atoms with Gasteiger partial charge in [0.1, 0.15) is 4.11 Å². The summed E-state index contributed by atoms with van der Waals surface area (Å²) in [5.74, 6) is -1.98. The molecule has 0 aliphatic carbocycles. The van der Waals surface area contributed by atoms with Gasteiger partial charge < -0.3 is 14.2 Å². The molecule has 0 fully saturated rings. The van der Waals surface area contributed by atoms with E-state index in [-0.39, 0.29) is 23.7 Å². The zero-order valence-electron chi connectivity index (χ0n) is 10.4. The summed E-state index contributed by atoms with van der Waals surface area (Å²) in [4.78, 5) is 23.1. The van der Waals surface area contributed by atoms with Crippen molar-refractivity contribution in [1.82, 2.24) is 0 Å². The topological polar surface area (TPSA) is 61.8 Å². The maximum Gasteiger partial charge on any atom is 0.320 e. The number of ether oxygens (including phenoxy) is 3. The number of carbonyl (C=O) groups excluding carboxylic acids is 2. The molecule has 6 heteroatoms. The Kier molecular flexibility index (Phi) is 9.43. The Hall–Kier alpha value is -0.370. The number of alkyl halides is 1. The number of halogens is 1. The third kappa shape index (κ3) is 7.54. The average molecular weight is 358 g/mol. The number of rotatable bonds is 8. The molecule has 100 valence electrons. The molecule has 0 amide bonds. The third-order valence-electron chi connectivity index (χ3n) is 1.90. The molecule has 0 aromatic carbocycles. The van der Waals surface area contributed by atoms with Gasteiger partial charge in [-0.05, 0) is 27.2 Å². The standard InChI is InChI=1S/C11H19IO5/c1-4-15-10(13)9(11(14)16-5-2)6-7-17-8(3)12/h8-9H,4-7H2,1-3H3. The van der Waals surface area contributed by atoms with Crippen molar-refractivity contribution in [3.05, 3.63) is 0 Å². The van der Waals surface area contributed by atoms with E-state index in [0.29, 0.717) is 6.61 Å². The van der Waals surface area contributed by atoms with Crippen molar-refractivity contribution in [2.45, 2.75) is 31.3 Å². The zero-order valence-corrected chi connectivity index (χ0v) is 12.6. The molecular formula is C11H19IO5. The first-order valence-corrected chi connectivity index (χ1v) is 6.86. The second-order valence-corrected chi connectivity index (χ2v) is 5.01. The molecule has 0 saturated carbocycles. The largest absolute Gasteiger partial charge is 0.465 e. The van der Waals surface area contributed by atoms with Crippen molar-refractivity contribution in [3.63, 3.8) is 0 Å². The van der Waals surface area contributed by atoms with Crippen LogP contribution in [0.1, 0.15) is 27.2 Å². The smallest absolute Gasteiger partial charge is 0.320 e. The van der Waals surface area contributed by atoms with Gasteiger partial charge in [0.25, 0.3) is 0 Å². The van der Waals surface area contributed by atoms with Crippen LogP contribution in [0.2, 0.25) is 0 Å². The molecule has 0 aliphatic heterocycles. The summed E-state index contributed by atoms with van der Waals surface area (Å²) in [5, 5.41) is 0. The minimum absolute atomic E-state index is 0.0395. The maximum atomic E-state index is 11.6. The van der Waals surface area contributed by atoms with Crippen molar-refractivity contribution in [2.75, 3.05) is 19.8 Å². The van der Waals surface area contributed by atoms with Gasteiger partial charge in [0, 0.05) is 6.61 Å². The second kappa shape index (κ2) is 9.64.